The zero-order valence-corrected chi connectivity index (χ0v) is 11.1. The van der Waals surface area contributed by atoms with Crippen LogP contribution in [-0.4, -0.2) is 23.6 Å². The van der Waals surface area contributed by atoms with Gasteiger partial charge < -0.3 is 5.32 Å². The average Bonchev–Trinajstić information content (AvgIpc) is 2.23. The maximum atomic E-state index is 3.66. The number of rotatable bonds is 9. The van der Waals surface area contributed by atoms with Gasteiger partial charge in [-0.15, -0.1) is 0 Å². The van der Waals surface area contributed by atoms with Gasteiger partial charge in [0.1, 0.15) is 0 Å². The van der Waals surface area contributed by atoms with Crippen molar-refractivity contribution in [1.82, 2.24) is 5.32 Å². The van der Waals surface area contributed by atoms with Gasteiger partial charge >= 0.3 is 0 Å². The summed E-state index contributed by atoms with van der Waals surface area (Å²) in [4.78, 5) is 0. The maximum Gasteiger partial charge on any atom is 0.0198 e. The van der Waals surface area contributed by atoms with E-state index in [0.29, 0.717) is 0 Å². The van der Waals surface area contributed by atoms with Crippen LogP contribution >= 0.6 is 11.8 Å². The van der Waals surface area contributed by atoms with Crippen molar-refractivity contribution in [3.63, 3.8) is 0 Å². The van der Waals surface area contributed by atoms with E-state index in [4.69, 9.17) is 0 Å². The Morgan fingerprint density at radius 2 is 1.71 bits per heavy atom. The van der Waals surface area contributed by atoms with Gasteiger partial charge in [-0.05, 0) is 38.0 Å². The third-order valence-electron chi connectivity index (χ3n) is 2.48. The van der Waals surface area contributed by atoms with Gasteiger partial charge in [0.15, 0.2) is 0 Å². The first-order chi connectivity index (χ1) is 6.79. The van der Waals surface area contributed by atoms with Gasteiger partial charge in [-0.1, -0.05) is 27.7 Å². The molecule has 0 aromatic carbocycles. The van der Waals surface area contributed by atoms with E-state index in [-0.39, 0.29) is 0 Å². The van der Waals surface area contributed by atoms with Crippen LogP contribution in [0.5, 0.6) is 0 Å². The summed E-state index contributed by atoms with van der Waals surface area (Å²) in [5, 5.41) is 4.47. The highest BCUT2D eigenvalue weighted by molar-refractivity contribution is 7.99. The van der Waals surface area contributed by atoms with Crippen molar-refractivity contribution < 1.29 is 0 Å². The molecule has 0 saturated carbocycles. The van der Waals surface area contributed by atoms with E-state index in [1.165, 1.54) is 38.0 Å². The van der Waals surface area contributed by atoms with Gasteiger partial charge in [0.25, 0.3) is 0 Å². The van der Waals surface area contributed by atoms with E-state index in [1.807, 2.05) is 0 Å². The smallest absolute Gasteiger partial charge is 0.0198 e. The van der Waals surface area contributed by atoms with Gasteiger partial charge in [0, 0.05) is 11.3 Å². The summed E-state index contributed by atoms with van der Waals surface area (Å²) in [5.74, 6) is 1.31. The van der Waals surface area contributed by atoms with Gasteiger partial charge in [0.2, 0.25) is 0 Å². The summed E-state index contributed by atoms with van der Waals surface area (Å²) in [5.41, 5.74) is 0. The molecular formula is C12H27NS. The Kier molecular flexibility index (Phi) is 10.1. The third kappa shape index (κ3) is 5.92. The minimum atomic E-state index is 0.719. The lowest BCUT2D eigenvalue weighted by molar-refractivity contribution is 0.474. The molecule has 0 spiro atoms. The molecule has 86 valence electrons. The van der Waals surface area contributed by atoms with Gasteiger partial charge in [0.05, 0.1) is 0 Å². The van der Waals surface area contributed by atoms with Crippen LogP contribution in [0.3, 0.4) is 0 Å². The topological polar surface area (TPSA) is 12.0 Å². The molecule has 0 heterocycles. The molecule has 1 N–H and O–H groups in total. The molecule has 0 aromatic rings. The molecule has 0 aliphatic heterocycles. The zero-order valence-electron chi connectivity index (χ0n) is 10.3. The van der Waals surface area contributed by atoms with Crippen molar-refractivity contribution >= 4 is 11.8 Å². The SMILES string of the molecule is CCCNC(CC)C(CC)SCCC. The van der Waals surface area contributed by atoms with Gasteiger partial charge in [-0.25, -0.2) is 0 Å². The van der Waals surface area contributed by atoms with Crippen molar-refractivity contribution in [1.29, 1.82) is 0 Å². The van der Waals surface area contributed by atoms with E-state index in [1.54, 1.807) is 0 Å². The molecule has 0 aliphatic carbocycles. The molecular weight excluding hydrogens is 190 g/mol. The summed E-state index contributed by atoms with van der Waals surface area (Å²) in [6.07, 6.45) is 5.09. The van der Waals surface area contributed by atoms with Crippen molar-refractivity contribution in [3.05, 3.63) is 0 Å². The second-order valence-electron chi connectivity index (χ2n) is 3.79. The molecule has 0 aliphatic rings. The molecule has 2 atom stereocenters. The molecule has 0 fully saturated rings. The molecule has 0 amide bonds. The van der Waals surface area contributed by atoms with Crippen LogP contribution in [0.2, 0.25) is 0 Å². The summed E-state index contributed by atoms with van der Waals surface area (Å²) in [6, 6.07) is 0.719. The standard InChI is InChI=1S/C12H27NS/c1-5-9-13-11(7-3)12(8-4)14-10-6-2/h11-13H,5-10H2,1-4H3. The monoisotopic (exact) mass is 217 g/mol. The van der Waals surface area contributed by atoms with E-state index in [2.05, 4.69) is 44.8 Å². The predicted molar refractivity (Wildman–Crippen MR) is 69.2 cm³/mol. The van der Waals surface area contributed by atoms with Crippen LogP contribution in [0.1, 0.15) is 53.4 Å². The fourth-order valence-corrected chi connectivity index (χ4v) is 2.95. The van der Waals surface area contributed by atoms with Crippen LogP contribution in [-0.2, 0) is 0 Å². The van der Waals surface area contributed by atoms with Crippen LogP contribution in [0.15, 0.2) is 0 Å². The lowest BCUT2D eigenvalue weighted by Crippen LogP contribution is -2.38. The highest BCUT2D eigenvalue weighted by Crippen LogP contribution is 2.20. The lowest BCUT2D eigenvalue weighted by Gasteiger charge is -2.25. The maximum absolute atomic E-state index is 3.66. The highest BCUT2D eigenvalue weighted by Gasteiger charge is 2.17. The Morgan fingerprint density at radius 1 is 1.00 bits per heavy atom. The molecule has 1 nitrogen and oxygen atoms in total. The lowest BCUT2D eigenvalue weighted by atomic mass is 10.1. The molecule has 2 unspecified atom stereocenters. The normalized spacial score (nSPS) is 15.4. The Labute approximate surface area is 94.4 Å². The summed E-state index contributed by atoms with van der Waals surface area (Å²) in [6.45, 7) is 10.3. The van der Waals surface area contributed by atoms with E-state index < -0.39 is 0 Å². The van der Waals surface area contributed by atoms with Crippen LogP contribution in [0.4, 0.5) is 0 Å². The first kappa shape index (κ1) is 14.3. The molecule has 2 heteroatoms. The fraction of sp³-hybridized carbons (Fsp3) is 1.00. The molecule has 0 saturated heterocycles. The number of hydrogen-bond acceptors (Lipinski definition) is 2. The van der Waals surface area contributed by atoms with Crippen molar-refractivity contribution in [2.24, 2.45) is 0 Å². The summed E-state index contributed by atoms with van der Waals surface area (Å²) < 4.78 is 0. The molecule has 0 radical (unpaired) electrons. The number of hydrogen-bond donors (Lipinski definition) is 1. The van der Waals surface area contributed by atoms with E-state index >= 15 is 0 Å². The Bertz CT molecular complexity index is 103. The Hall–Kier alpha value is 0.310. The van der Waals surface area contributed by atoms with Crippen molar-refractivity contribution in [3.8, 4) is 0 Å². The van der Waals surface area contributed by atoms with Crippen molar-refractivity contribution in [2.75, 3.05) is 12.3 Å². The Morgan fingerprint density at radius 3 is 2.14 bits per heavy atom. The molecule has 0 aromatic heterocycles. The Balaban J connectivity index is 3.87. The van der Waals surface area contributed by atoms with E-state index in [0.717, 1.165) is 11.3 Å². The molecule has 0 bridgehead atoms. The quantitative estimate of drug-likeness (QED) is 0.632. The van der Waals surface area contributed by atoms with Gasteiger partial charge in [-0.2, -0.15) is 11.8 Å². The van der Waals surface area contributed by atoms with Crippen LogP contribution in [0.25, 0.3) is 0 Å². The largest absolute Gasteiger partial charge is 0.313 e. The minimum Gasteiger partial charge on any atom is -0.313 e. The second-order valence-corrected chi connectivity index (χ2v) is 5.13. The van der Waals surface area contributed by atoms with Crippen LogP contribution < -0.4 is 5.32 Å². The number of nitrogens with one attached hydrogen (secondary N) is 1. The van der Waals surface area contributed by atoms with Crippen molar-refractivity contribution in [2.45, 2.75) is 64.7 Å². The fourth-order valence-electron chi connectivity index (χ4n) is 1.66. The predicted octanol–water partition coefficient (Wildman–Crippen LogP) is 3.69. The molecule has 14 heavy (non-hydrogen) atoms. The zero-order chi connectivity index (χ0) is 10.8. The summed E-state index contributed by atoms with van der Waals surface area (Å²) >= 11 is 2.14. The van der Waals surface area contributed by atoms with E-state index in [9.17, 15) is 0 Å². The number of thioether (sulfide) groups is 1. The first-order valence-corrected chi connectivity index (χ1v) is 7.19. The third-order valence-corrected chi connectivity index (χ3v) is 4.22. The molecule has 0 rings (SSSR count). The second kappa shape index (κ2) is 9.85. The average molecular weight is 217 g/mol. The minimum absolute atomic E-state index is 0.719. The first-order valence-electron chi connectivity index (χ1n) is 6.14. The van der Waals surface area contributed by atoms with Crippen LogP contribution in [0, 0.1) is 0 Å². The summed E-state index contributed by atoms with van der Waals surface area (Å²) in [7, 11) is 0. The van der Waals surface area contributed by atoms with Gasteiger partial charge in [-0.3, -0.25) is 0 Å². The highest BCUT2D eigenvalue weighted by atomic mass is 32.2.